The van der Waals surface area contributed by atoms with Crippen molar-refractivity contribution >= 4 is 5.69 Å². The van der Waals surface area contributed by atoms with Crippen molar-refractivity contribution in [2.45, 2.75) is 45.6 Å². The second-order valence-electron chi connectivity index (χ2n) is 5.70. The fourth-order valence-corrected chi connectivity index (χ4v) is 2.97. The number of hydrogen-bond donors (Lipinski definition) is 1. The Morgan fingerprint density at radius 1 is 1.28 bits per heavy atom. The van der Waals surface area contributed by atoms with Crippen LogP contribution in [-0.2, 0) is 6.42 Å². The predicted molar refractivity (Wildman–Crippen MR) is 78.6 cm³/mol. The lowest BCUT2D eigenvalue weighted by Gasteiger charge is -2.38. The topological polar surface area (TPSA) is 29.3 Å². The van der Waals surface area contributed by atoms with Crippen LogP contribution in [-0.4, -0.2) is 24.0 Å². The molecular formula is C16H26N2. The number of aryl methyl sites for hydroxylation is 1. The zero-order valence-electron chi connectivity index (χ0n) is 11.7. The maximum atomic E-state index is 5.98. The molecule has 1 heterocycles. The SMILES string of the molecule is CC1CCCN(CCCc2ccccc2N)C1C. The molecule has 0 saturated carbocycles. The maximum absolute atomic E-state index is 5.98. The van der Waals surface area contributed by atoms with Crippen LogP contribution >= 0.6 is 0 Å². The molecule has 0 aliphatic carbocycles. The lowest BCUT2D eigenvalue weighted by atomic mass is 9.92. The molecule has 18 heavy (non-hydrogen) atoms. The fraction of sp³-hybridized carbons (Fsp3) is 0.625. The molecule has 1 fully saturated rings. The number of likely N-dealkylation sites (tertiary alicyclic amines) is 1. The van der Waals surface area contributed by atoms with E-state index in [1.54, 1.807) is 0 Å². The summed E-state index contributed by atoms with van der Waals surface area (Å²) in [6, 6.07) is 8.98. The van der Waals surface area contributed by atoms with Crippen molar-refractivity contribution in [3.05, 3.63) is 29.8 Å². The first kappa shape index (κ1) is 13.4. The molecule has 0 aromatic heterocycles. The summed E-state index contributed by atoms with van der Waals surface area (Å²) in [5, 5.41) is 0. The zero-order chi connectivity index (χ0) is 13.0. The Kier molecular flexibility index (Phi) is 4.65. The molecule has 2 heteroatoms. The van der Waals surface area contributed by atoms with Gasteiger partial charge in [-0.25, -0.2) is 0 Å². The molecule has 1 aromatic carbocycles. The summed E-state index contributed by atoms with van der Waals surface area (Å²) in [6.07, 6.45) is 5.07. The van der Waals surface area contributed by atoms with Crippen molar-refractivity contribution in [2.75, 3.05) is 18.8 Å². The summed E-state index contributed by atoms with van der Waals surface area (Å²) in [7, 11) is 0. The average molecular weight is 246 g/mol. The van der Waals surface area contributed by atoms with Gasteiger partial charge in [-0.3, -0.25) is 0 Å². The van der Waals surface area contributed by atoms with E-state index in [9.17, 15) is 0 Å². The predicted octanol–water partition coefficient (Wildman–Crippen LogP) is 3.32. The highest BCUT2D eigenvalue weighted by molar-refractivity contribution is 5.46. The molecule has 0 spiro atoms. The van der Waals surface area contributed by atoms with Crippen LogP contribution < -0.4 is 5.73 Å². The molecule has 1 aliphatic heterocycles. The number of para-hydroxylation sites is 1. The van der Waals surface area contributed by atoms with Crippen molar-refractivity contribution in [1.29, 1.82) is 0 Å². The zero-order valence-corrected chi connectivity index (χ0v) is 11.7. The second-order valence-corrected chi connectivity index (χ2v) is 5.70. The van der Waals surface area contributed by atoms with E-state index in [0.29, 0.717) is 0 Å². The molecule has 2 N–H and O–H groups in total. The number of nitrogens with zero attached hydrogens (tertiary/aromatic N) is 1. The van der Waals surface area contributed by atoms with E-state index in [1.807, 2.05) is 12.1 Å². The van der Waals surface area contributed by atoms with Gasteiger partial charge < -0.3 is 10.6 Å². The third-order valence-electron chi connectivity index (χ3n) is 4.45. The van der Waals surface area contributed by atoms with Crippen molar-refractivity contribution < 1.29 is 0 Å². The molecule has 0 radical (unpaired) electrons. The lowest BCUT2D eigenvalue weighted by Crippen LogP contribution is -2.42. The molecule has 2 rings (SSSR count). The first-order valence-electron chi connectivity index (χ1n) is 7.26. The Bertz CT molecular complexity index is 375. The van der Waals surface area contributed by atoms with Crippen LogP contribution in [0, 0.1) is 5.92 Å². The minimum absolute atomic E-state index is 0.742. The number of nitrogen functional groups attached to an aromatic ring is 1. The summed E-state index contributed by atoms with van der Waals surface area (Å²) in [6.45, 7) is 7.24. The molecular weight excluding hydrogens is 220 g/mol. The fourth-order valence-electron chi connectivity index (χ4n) is 2.97. The van der Waals surface area contributed by atoms with E-state index >= 15 is 0 Å². The van der Waals surface area contributed by atoms with Crippen molar-refractivity contribution in [2.24, 2.45) is 5.92 Å². The number of benzene rings is 1. The highest BCUT2D eigenvalue weighted by atomic mass is 15.2. The Morgan fingerprint density at radius 3 is 2.83 bits per heavy atom. The quantitative estimate of drug-likeness (QED) is 0.826. The summed E-state index contributed by atoms with van der Waals surface area (Å²) in [5.41, 5.74) is 8.22. The first-order valence-corrected chi connectivity index (χ1v) is 7.26. The summed E-state index contributed by atoms with van der Waals surface area (Å²) in [4.78, 5) is 2.65. The third kappa shape index (κ3) is 3.26. The van der Waals surface area contributed by atoms with Crippen LogP contribution in [0.15, 0.2) is 24.3 Å². The highest BCUT2D eigenvalue weighted by Gasteiger charge is 2.23. The molecule has 0 amide bonds. The van der Waals surface area contributed by atoms with Crippen LogP contribution in [0.5, 0.6) is 0 Å². The number of piperidine rings is 1. The minimum atomic E-state index is 0.742. The van der Waals surface area contributed by atoms with E-state index in [4.69, 9.17) is 5.73 Å². The number of rotatable bonds is 4. The molecule has 2 unspecified atom stereocenters. The van der Waals surface area contributed by atoms with Gasteiger partial charge in [-0.15, -0.1) is 0 Å². The Morgan fingerprint density at radius 2 is 2.06 bits per heavy atom. The Hall–Kier alpha value is -1.02. The van der Waals surface area contributed by atoms with Crippen LogP contribution in [0.3, 0.4) is 0 Å². The van der Waals surface area contributed by atoms with Crippen LogP contribution in [0.25, 0.3) is 0 Å². The molecule has 100 valence electrons. The first-order chi connectivity index (χ1) is 8.68. The Balaban J connectivity index is 1.80. The van der Waals surface area contributed by atoms with E-state index in [0.717, 1.165) is 24.1 Å². The molecule has 0 bridgehead atoms. The second kappa shape index (κ2) is 6.24. The van der Waals surface area contributed by atoms with Gasteiger partial charge in [-0.1, -0.05) is 25.1 Å². The monoisotopic (exact) mass is 246 g/mol. The van der Waals surface area contributed by atoms with E-state index in [2.05, 4.69) is 30.9 Å². The van der Waals surface area contributed by atoms with Crippen molar-refractivity contribution in [3.8, 4) is 0 Å². The average Bonchev–Trinajstić information content (AvgIpc) is 2.37. The molecule has 1 aliphatic rings. The third-order valence-corrected chi connectivity index (χ3v) is 4.45. The minimum Gasteiger partial charge on any atom is -0.399 e. The van der Waals surface area contributed by atoms with Gasteiger partial charge in [-0.05, 0) is 63.2 Å². The summed E-state index contributed by atoms with van der Waals surface area (Å²) >= 11 is 0. The van der Waals surface area contributed by atoms with Gasteiger partial charge in [0.15, 0.2) is 0 Å². The van der Waals surface area contributed by atoms with E-state index < -0.39 is 0 Å². The number of hydrogen-bond acceptors (Lipinski definition) is 2. The Labute approximate surface area is 111 Å². The van der Waals surface area contributed by atoms with Gasteiger partial charge in [0.1, 0.15) is 0 Å². The van der Waals surface area contributed by atoms with Gasteiger partial charge in [0.2, 0.25) is 0 Å². The molecule has 1 saturated heterocycles. The van der Waals surface area contributed by atoms with Gasteiger partial charge in [0, 0.05) is 11.7 Å². The lowest BCUT2D eigenvalue weighted by molar-refractivity contribution is 0.113. The van der Waals surface area contributed by atoms with E-state index in [1.165, 1.54) is 37.9 Å². The van der Waals surface area contributed by atoms with Crippen LogP contribution in [0.4, 0.5) is 5.69 Å². The maximum Gasteiger partial charge on any atom is 0.0346 e. The number of anilines is 1. The summed E-state index contributed by atoms with van der Waals surface area (Å²) < 4.78 is 0. The largest absolute Gasteiger partial charge is 0.399 e. The van der Waals surface area contributed by atoms with Crippen molar-refractivity contribution in [1.82, 2.24) is 4.90 Å². The van der Waals surface area contributed by atoms with Gasteiger partial charge in [-0.2, -0.15) is 0 Å². The van der Waals surface area contributed by atoms with Crippen LogP contribution in [0.2, 0.25) is 0 Å². The van der Waals surface area contributed by atoms with E-state index in [-0.39, 0.29) is 0 Å². The van der Waals surface area contributed by atoms with Gasteiger partial charge >= 0.3 is 0 Å². The van der Waals surface area contributed by atoms with Crippen molar-refractivity contribution in [3.63, 3.8) is 0 Å². The van der Waals surface area contributed by atoms with Gasteiger partial charge in [0.05, 0.1) is 0 Å². The normalized spacial score (nSPS) is 25.2. The molecule has 2 nitrogen and oxygen atoms in total. The standard InChI is InChI=1S/C16H26N2/c1-13-7-5-11-18(14(13)2)12-6-9-15-8-3-4-10-16(15)17/h3-4,8,10,13-14H,5-7,9,11-12,17H2,1-2H3. The van der Waals surface area contributed by atoms with Crippen LogP contribution in [0.1, 0.15) is 38.7 Å². The smallest absolute Gasteiger partial charge is 0.0346 e. The highest BCUT2D eigenvalue weighted by Crippen LogP contribution is 2.23. The molecule has 1 aromatic rings. The molecule has 2 atom stereocenters. The van der Waals surface area contributed by atoms with Gasteiger partial charge in [0.25, 0.3) is 0 Å². The number of nitrogens with two attached hydrogens (primary N) is 1. The summed E-state index contributed by atoms with van der Waals surface area (Å²) in [5.74, 6) is 0.848.